The zero-order valence-corrected chi connectivity index (χ0v) is 23.8. The number of carbonyl (C=O) groups is 2. The zero-order chi connectivity index (χ0) is 25.9. The van der Waals surface area contributed by atoms with E-state index >= 15 is 0 Å². The van der Waals surface area contributed by atoms with Gasteiger partial charge in [-0.1, -0.05) is 13.8 Å². The fourth-order valence-corrected chi connectivity index (χ4v) is 10.8. The first-order chi connectivity index (χ1) is 17.7. The van der Waals surface area contributed by atoms with E-state index in [1.165, 1.54) is 64.2 Å². The van der Waals surface area contributed by atoms with Gasteiger partial charge in [0.2, 0.25) is 0 Å². The Balaban J connectivity index is 1.28. The third kappa shape index (κ3) is 4.37. The molecule has 6 heteroatoms. The molecule has 0 bridgehead atoms. The molecule has 2 heterocycles. The van der Waals surface area contributed by atoms with Gasteiger partial charge in [-0.3, -0.25) is 19.4 Å². The van der Waals surface area contributed by atoms with Crippen molar-refractivity contribution in [1.29, 1.82) is 0 Å². The number of hydrogen-bond donors (Lipinski definition) is 0. The summed E-state index contributed by atoms with van der Waals surface area (Å²) in [6, 6.07) is 0.761. The van der Waals surface area contributed by atoms with Crippen LogP contribution in [0, 0.1) is 34.5 Å². The number of fused-ring (bicyclic) bond motifs is 5. The van der Waals surface area contributed by atoms with E-state index in [0.29, 0.717) is 29.3 Å². The molecular weight excluding hydrogens is 464 g/mol. The Bertz CT molecular complexity index is 882. The molecule has 6 rings (SSSR count). The number of rotatable bonds is 4. The van der Waals surface area contributed by atoms with Crippen molar-refractivity contribution in [3.05, 3.63) is 0 Å². The van der Waals surface area contributed by atoms with Gasteiger partial charge in [0.05, 0.1) is 0 Å². The van der Waals surface area contributed by atoms with Crippen LogP contribution < -0.4 is 0 Å². The van der Waals surface area contributed by atoms with Gasteiger partial charge < -0.3 is 9.47 Å². The highest BCUT2D eigenvalue weighted by molar-refractivity contribution is 5.66. The van der Waals surface area contributed by atoms with Gasteiger partial charge in [-0.15, -0.1) is 0 Å². The molecular formula is C31H50N2O4. The van der Waals surface area contributed by atoms with Gasteiger partial charge in [0.25, 0.3) is 0 Å². The van der Waals surface area contributed by atoms with E-state index in [2.05, 4.69) is 23.6 Å². The highest BCUT2D eigenvalue weighted by Crippen LogP contribution is 2.67. The van der Waals surface area contributed by atoms with Crippen molar-refractivity contribution >= 4 is 11.9 Å². The van der Waals surface area contributed by atoms with E-state index in [1.807, 2.05) is 0 Å². The molecule has 0 radical (unpaired) electrons. The van der Waals surface area contributed by atoms with Crippen LogP contribution in [0.25, 0.3) is 0 Å². The van der Waals surface area contributed by atoms with Gasteiger partial charge >= 0.3 is 11.9 Å². The third-order valence-corrected chi connectivity index (χ3v) is 12.4. The predicted molar refractivity (Wildman–Crippen MR) is 143 cm³/mol. The van der Waals surface area contributed by atoms with E-state index in [0.717, 1.165) is 44.4 Å². The van der Waals surface area contributed by atoms with Crippen LogP contribution in [0.1, 0.15) is 98.3 Å². The number of ether oxygens (including phenoxy) is 2. The molecule has 6 fully saturated rings. The molecule has 0 aromatic heterocycles. The van der Waals surface area contributed by atoms with E-state index < -0.39 is 0 Å². The molecule has 2 saturated heterocycles. The maximum absolute atomic E-state index is 12.3. The van der Waals surface area contributed by atoms with Crippen LogP contribution in [-0.2, 0) is 19.1 Å². The maximum atomic E-state index is 12.3. The Morgan fingerprint density at radius 1 is 0.730 bits per heavy atom. The number of likely N-dealkylation sites (tertiary alicyclic amines) is 2. The highest BCUT2D eigenvalue weighted by Gasteiger charge is 2.65. The SMILES string of the molecule is CC(=O)O[C@H]1C[C@@H]2CC[C@@H]3[C@H](CC[C@@]4(C)[C@H]3C[C@H](N3CCCC3)[C@@H]4OC(C)=O)[C@@]2(C)C[C@@H]1N1CCCC1. The van der Waals surface area contributed by atoms with Gasteiger partial charge in [0.15, 0.2) is 0 Å². The number of nitrogens with zero attached hydrogens (tertiary/aromatic N) is 2. The van der Waals surface area contributed by atoms with Crippen LogP contribution in [0.3, 0.4) is 0 Å². The molecule has 4 aliphatic carbocycles. The van der Waals surface area contributed by atoms with Crippen molar-refractivity contribution in [2.45, 2.75) is 123 Å². The Morgan fingerprint density at radius 2 is 1.35 bits per heavy atom. The Labute approximate surface area is 224 Å². The van der Waals surface area contributed by atoms with E-state index in [1.54, 1.807) is 13.8 Å². The lowest BCUT2D eigenvalue weighted by Crippen LogP contribution is -2.60. The minimum absolute atomic E-state index is 0.0385. The molecule has 37 heavy (non-hydrogen) atoms. The average Bonchev–Trinajstić information content (AvgIpc) is 3.60. The molecule has 6 aliphatic rings. The number of esters is 2. The minimum Gasteiger partial charge on any atom is -0.461 e. The molecule has 0 aromatic rings. The predicted octanol–water partition coefficient (Wildman–Crippen LogP) is 5.04. The highest BCUT2D eigenvalue weighted by atomic mass is 16.5. The summed E-state index contributed by atoms with van der Waals surface area (Å²) in [7, 11) is 0. The second kappa shape index (κ2) is 9.80. The van der Waals surface area contributed by atoms with Gasteiger partial charge in [-0.25, -0.2) is 0 Å². The molecule has 6 nitrogen and oxygen atoms in total. The topological polar surface area (TPSA) is 59.1 Å². The smallest absolute Gasteiger partial charge is 0.302 e. The molecule has 0 amide bonds. The number of carbonyl (C=O) groups excluding carboxylic acids is 2. The summed E-state index contributed by atoms with van der Waals surface area (Å²) in [5.41, 5.74) is 0.392. The van der Waals surface area contributed by atoms with Gasteiger partial charge in [-0.2, -0.15) is 0 Å². The maximum Gasteiger partial charge on any atom is 0.302 e. The lowest BCUT2D eigenvalue weighted by Gasteiger charge is -2.62. The van der Waals surface area contributed by atoms with Crippen LogP contribution in [0.4, 0.5) is 0 Å². The summed E-state index contributed by atoms with van der Waals surface area (Å²) < 4.78 is 12.2. The first-order valence-electron chi connectivity index (χ1n) is 15.5. The quantitative estimate of drug-likeness (QED) is 0.490. The fourth-order valence-electron chi connectivity index (χ4n) is 10.8. The largest absolute Gasteiger partial charge is 0.461 e. The number of hydrogen-bond acceptors (Lipinski definition) is 6. The van der Waals surface area contributed by atoms with E-state index in [4.69, 9.17) is 9.47 Å². The first-order valence-corrected chi connectivity index (χ1v) is 15.5. The van der Waals surface area contributed by atoms with Crippen molar-refractivity contribution in [3.63, 3.8) is 0 Å². The minimum atomic E-state index is -0.115. The molecule has 0 aromatic carbocycles. The summed E-state index contributed by atoms with van der Waals surface area (Å²) >= 11 is 0. The Morgan fingerprint density at radius 3 is 1.97 bits per heavy atom. The third-order valence-electron chi connectivity index (χ3n) is 12.4. The zero-order valence-electron chi connectivity index (χ0n) is 23.8. The van der Waals surface area contributed by atoms with E-state index in [9.17, 15) is 9.59 Å². The van der Waals surface area contributed by atoms with E-state index in [-0.39, 0.29) is 29.6 Å². The molecule has 2 aliphatic heterocycles. The van der Waals surface area contributed by atoms with Gasteiger partial charge in [-0.05, 0) is 126 Å². The standard InChI is InChI=1S/C31H50N2O4/c1-20(34)36-28-17-22-9-10-23-24(31(22,4)19-27(28)33-15-7-8-16-33)11-12-30(3)25(23)18-26(29(30)37-21(2)35)32-13-5-6-14-32/h22-29H,5-19H2,1-4H3/t22-,23+,24-,25-,26-,27-,28-,29-,30-,31-/m0/s1. The van der Waals surface area contributed by atoms with Crippen LogP contribution >= 0.6 is 0 Å². The van der Waals surface area contributed by atoms with Crippen LogP contribution in [0.15, 0.2) is 0 Å². The summed E-state index contributed by atoms with van der Waals surface area (Å²) in [6.07, 6.45) is 13.5. The second-order valence-electron chi connectivity index (χ2n) is 14.2. The summed E-state index contributed by atoms with van der Waals surface area (Å²) in [4.78, 5) is 29.7. The van der Waals surface area contributed by atoms with Crippen LogP contribution in [0.2, 0.25) is 0 Å². The summed E-state index contributed by atoms with van der Waals surface area (Å²) in [5, 5.41) is 0. The van der Waals surface area contributed by atoms with Crippen molar-refractivity contribution in [2.75, 3.05) is 26.2 Å². The van der Waals surface area contributed by atoms with Crippen molar-refractivity contribution in [3.8, 4) is 0 Å². The molecule has 0 N–H and O–H groups in total. The molecule has 208 valence electrons. The second-order valence-corrected chi connectivity index (χ2v) is 14.2. The van der Waals surface area contributed by atoms with Gasteiger partial charge in [0, 0.05) is 31.3 Å². The van der Waals surface area contributed by atoms with Crippen molar-refractivity contribution < 1.29 is 19.1 Å². The van der Waals surface area contributed by atoms with Gasteiger partial charge in [0.1, 0.15) is 12.2 Å². The van der Waals surface area contributed by atoms with Crippen LogP contribution in [0.5, 0.6) is 0 Å². The summed E-state index contributed by atoms with van der Waals surface area (Å²) in [6.45, 7) is 12.9. The van der Waals surface area contributed by atoms with Crippen LogP contribution in [-0.4, -0.2) is 72.2 Å². The lowest BCUT2D eigenvalue weighted by molar-refractivity contribution is -0.178. The average molecular weight is 515 g/mol. The Kier molecular flexibility index (Phi) is 6.91. The summed E-state index contributed by atoms with van der Waals surface area (Å²) in [5.74, 6) is 2.50. The molecule has 0 spiro atoms. The van der Waals surface area contributed by atoms with Crippen molar-refractivity contribution in [2.24, 2.45) is 34.5 Å². The Hall–Kier alpha value is -1.14. The molecule has 0 unspecified atom stereocenters. The lowest BCUT2D eigenvalue weighted by atomic mass is 9.44. The fraction of sp³-hybridized carbons (Fsp3) is 0.935. The normalized spacial score (nSPS) is 48.2. The monoisotopic (exact) mass is 514 g/mol. The molecule has 4 saturated carbocycles. The molecule has 10 atom stereocenters. The van der Waals surface area contributed by atoms with Crippen molar-refractivity contribution in [1.82, 2.24) is 9.80 Å². The first kappa shape index (κ1) is 26.1.